The number of hydrogen-bond donors (Lipinski definition) is 1. The summed E-state index contributed by atoms with van der Waals surface area (Å²) in [5.41, 5.74) is -3.02. The predicted octanol–water partition coefficient (Wildman–Crippen LogP) is 6.01. The van der Waals surface area contributed by atoms with E-state index in [9.17, 15) is 13.2 Å². The zero-order chi connectivity index (χ0) is 31.9. The van der Waals surface area contributed by atoms with Crippen LogP contribution >= 0.6 is 11.6 Å². The third-order valence-corrected chi connectivity index (χ3v) is 5.64. The highest BCUT2D eigenvalue weighted by Gasteiger charge is 2.24. The van der Waals surface area contributed by atoms with Crippen molar-refractivity contribution in [1.82, 2.24) is 0 Å². The highest BCUT2D eigenvalue weighted by Crippen LogP contribution is 2.39. The SMILES string of the molecule is [2H]C([2H])([2H])C(c1cc(C2=CC(Cl)=CCC2=O)cc(/C=C/c2ccc(NS(C)(=O)=O)cc2)c1OC)(C([2H])([2H])[2H])C([2H])([2H])[2H]. The van der Waals surface area contributed by atoms with Gasteiger partial charge in [-0.25, -0.2) is 8.42 Å². The molecule has 0 aliphatic heterocycles. The minimum absolute atomic E-state index is 0.0350. The first-order chi connectivity index (χ1) is 19.1. The van der Waals surface area contributed by atoms with Gasteiger partial charge in [0.2, 0.25) is 10.0 Å². The van der Waals surface area contributed by atoms with Gasteiger partial charge in [-0.05, 0) is 46.9 Å². The molecule has 5 nitrogen and oxygen atoms in total. The Bertz CT molecular complexity index is 1530. The minimum atomic E-state index is -3.58. The highest BCUT2D eigenvalue weighted by molar-refractivity contribution is 7.92. The Balaban J connectivity index is 2.39. The summed E-state index contributed by atoms with van der Waals surface area (Å²) in [4.78, 5) is 12.9. The van der Waals surface area contributed by atoms with Crippen LogP contribution in [0.1, 0.15) is 61.6 Å². The lowest BCUT2D eigenvalue weighted by Crippen LogP contribution is -2.15. The molecule has 33 heavy (non-hydrogen) atoms. The average molecular weight is 495 g/mol. The third kappa shape index (κ3) is 6.36. The summed E-state index contributed by atoms with van der Waals surface area (Å²) in [6, 6.07) is 8.67. The minimum Gasteiger partial charge on any atom is -0.496 e. The van der Waals surface area contributed by atoms with E-state index >= 15 is 0 Å². The van der Waals surface area contributed by atoms with E-state index in [1.165, 1.54) is 36.4 Å². The lowest BCUT2D eigenvalue weighted by atomic mass is 9.82. The van der Waals surface area contributed by atoms with Crippen LogP contribution < -0.4 is 9.46 Å². The Hall–Kier alpha value is -2.83. The predicted molar refractivity (Wildman–Crippen MR) is 137 cm³/mol. The monoisotopic (exact) mass is 494 g/mol. The van der Waals surface area contributed by atoms with Crippen molar-refractivity contribution in [1.29, 1.82) is 0 Å². The fourth-order valence-corrected chi connectivity index (χ4v) is 4.07. The summed E-state index contributed by atoms with van der Waals surface area (Å²) in [6.45, 7) is -10.7. The number of allylic oxidation sites excluding steroid dienone is 4. The lowest BCUT2D eigenvalue weighted by molar-refractivity contribution is -0.113. The van der Waals surface area contributed by atoms with Crippen molar-refractivity contribution in [2.75, 3.05) is 18.1 Å². The summed E-state index contributed by atoms with van der Waals surface area (Å²) >= 11 is 6.15. The highest BCUT2D eigenvalue weighted by atomic mass is 35.5. The van der Waals surface area contributed by atoms with Gasteiger partial charge in [0.05, 0.1) is 13.4 Å². The second-order valence-corrected chi connectivity index (χ2v) is 9.69. The molecule has 0 saturated heterocycles. The lowest BCUT2D eigenvalue weighted by Gasteiger charge is -2.25. The quantitative estimate of drug-likeness (QED) is 0.499. The van der Waals surface area contributed by atoms with Gasteiger partial charge in [-0.15, -0.1) is 0 Å². The van der Waals surface area contributed by atoms with Gasteiger partial charge in [0, 0.05) is 46.2 Å². The van der Waals surface area contributed by atoms with E-state index in [0.29, 0.717) is 11.3 Å². The number of sulfonamides is 1. The summed E-state index contributed by atoms with van der Waals surface area (Å²) in [5.74, 6) is -0.721. The number of hydrogen-bond acceptors (Lipinski definition) is 4. The van der Waals surface area contributed by atoms with Crippen molar-refractivity contribution in [2.24, 2.45) is 0 Å². The number of ketones is 1. The average Bonchev–Trinajstić information content (AvgIpc) is 2.81. The number of halogens is 1. The molecule has 0 saturated carbocycles. The maximum atomic E-state index is 12.9. The molecule has 174 valence electrons. The van der Waals surface area contributed by atoms with Gasteiger partial charge in [-0.3, -0.25) is 9.52 Å². The Labute approximate surface area is 213 Å². The van der Waals surface area contributed by atoms with Crippen LogP contribution in [0, 0.1) is 0 Å². The molecule has 2 aromatic rings. The van der Waals surface area contributed by atoms with E-state index in [2.05, 4.69) is 4.72 Å². The molecular formula is C26H28ClNO4S. The van der Waals surface area contributed by atoms with E-state index < -0.39 is 47.3 Å². The largest absolute Gasteiger partial charge is 0.496 e. The van der Waals surface area contributed by atoms with Crippen molar-refractivity contribution < 1.29 is 30.3 Å². The van der Waals surface area contributed by atoms with Crippen molar-refractivity contribution in [2.45, 2.75) is 32.4 Å². The van der Waals surface area contributed by atoms with Crippen LogP contribution in [0.4, 0.5) is 5.69 Å². The zero-order valence-electron chi connectivity index (χ0n) is 26.9. The van der Waals surface area contributed by atoms with Crippen LogP contribution in [-0.2, 0) is 20.2 Å². The molecule has 0 spiro atoms. The van der Waals surface area contributed by atoms with Gasteiger partial charge < -0.3 is 4.74 Å². The van der Waals surface area contributed by atoms with E-state index in [1.807, 2.05) is 0 Å². The van der Waals surface area contributed by atoms with Crippen LogP contribution in [0.25, 0.3) is 17.7 Å². The summed E-state index contributed by atoms with van der Waals surface area (Å²) < 4.78 is 105. The maximum Gasteiger partial charge on any atom is 0.229 e. The second-order valence-electron chi connectivity index (χ2n) is 7.50. The van der Waals surface area contributed by atoms with E-state index in [4.69, 9.17) is 28.7 Å². The Morgan fingerprint density at radius 2 is 1.85 bits per heavy atom. The smallest absolute Gasteiger partial charge is 0.229 e. The van der Waals surface area contributed by atoms with Crippen LogP contribution in [0.2, 0.25) is 0 Å². The van der Waals surface area contributed by atoms with E-state index in [1.54, 1.807) is 18.2 Å². The van der Waals surface area contributed by atoms with Crippen LogP contribution in [-0.4, -0.2) is 27.6 Å². The number of ether oxygens (including phenoxy) is 1. The second kappa shape index (κ2) is 9.57. The molecule has 0 aromatic heterocycles. The summed E-state index contributed by atoms with van der Waals surface area (Å²) in [6.07, 6.45) is 6.72. The fraction of sp³-hybridized carbons (Fsp3) is 0.269. The third-order valence-electron chi connectivity index (χ3n) is 4.77. The van der Waals surface area contributed by atoms with Crippen LogP contribution in [0.5, 0.6) is 5.75 Å². The van der Waals surface area contributed by atoms with E-state index in [0.717, 1.165) is 19.4 Å². The number of rotatable bonds is 6. The molecule has 0 radical (unpaired) electrons. The molecule has 0 unspecified atom stereocenters. The van der Waals surface area contributed by atoms with Crippen molar-refractivity contribution in [3.63, 3.8) is 0 Å². The topological polar surface area (TPSA) is 72.5 Å². The van der Waals surface area contributed by atoms with Gasteiger partial charge in [-0.1, -0.05) is 62.5 Å². The standard InChI is InChI=1S/C26H28ClNO4S/c1-26(2,3)23-15-19(22-16-20(27)10-13-24(22)29)14-18(25(23)32-4)9-6-17-7-11-21(12-8-17)28-33(5,30)31/h6-12,14-16,28H,13H2,1-5H3/b9-6+/i1D3,2D3,3D3. The van der Waals surface area contributed by atoms with Gasteiger partial charge in [-0.2, -0.15) is 0 Å². The Morgan fingerprint density at radius 1 is 1.15 bits per heavy atom. The normalized spacial score (nSPS) is 20.0. The molecule has 0 bridgehead atoms. The number of carbonyl (C=O) groups is 1. The van der Waals surface area contributed by atoms with Crippen molar-refractivity contribution in [3.8, 4) is 5.75 Å². The molecule has 3 rings (SSSR count). The summed E-state index contributed by atoms with van der Waals surface area (Å²) in [7, 11) is -2.35. The Kier molecular flexibility index (Phi) is 4.39. The van der Waals surface area contributed by atoms with Gasteiger partial charge in [0.1, 0.15) is 5.75 Å². The molecular weight excluding hydrogens is 458 g/mol. The molecule has 1 aliphatic carbocycles. The molecule has 1 N–H and O–H groups in total. The zero-order valence-corrected chi connectivity index (χ0v) is 19.5. The van der Waals surface area contributed by atoms with Gasteiger partial charge in [0.25, 0.3) is 0 Å². The number of benzene rings is 2. The Morgan fingerprint density at radius 3 is 2.45 bits per heavy atom. The molecule has 0 heterocycles. The number of carbonyl (C=O) groups excluding carboxylic acids is 1. The number of methoxy groups -OCH3 is 1. The molecule has 7 heteroatoms. The molecule has 0 atom stereocenters. The van der Waals surface area contributed by atoms with Gasteiger partial charge >= 0.3 is 0 Å². The van der Waals surface area contributed by atoms with Gasteiger partial charge in [0.15, 0.2) is 5.78 Å². The molecule has 2 aromatic carbocycles. The number of anilines is 1. The number of nitrogens with one attached hydrogen (secondary N) is 1. The molecule has 1 aliphatic rings. The van der Waals surface area contributed by atoms with Crippen LogP contribution in [0.15, 0.2) is 53.6 Å². The first kappa shape index (κ1) is 15.1. The van der Waals surface area contributed by atoms with E-state index in [-0.39, 0.29) is 33.9 Å². The maximum absolute atomic E-state index is 12.9. The first-order valence-electron chi connectivity index (χ1n) is 14.2. The number of Topliss-reactive ketones (excluding diaryl/α,β-unsaturated/α-hetero) is 1. The van der Waals surface area contributed by atoms with Crippen molar-refractivity contribution >= 4 is 50.8 Å². The molecule has 0 amide bonds. The van der Waals surface area contributed by atoms with Crippen LogP contribution in [0.3, 0.4) is 0 Å². The first-order valence-corrected chi connectivity index (χ1v) is 12.0. The summed E-state index contributed by atoms with van der Waals surface area (Å²) in [5, 5.41) is 0.218. The van der Waals surface area contributed by atoms with Crippen molar-refractivity contribution in [3.05, 3.63) is 75.8 Å². The fourth-order valence-electron chi connectivity index (χ4n) is 3.32. The molecule has 0 fully saturated rings.